The zero-order valence-corrected chi connectivity index (χ0v) is 10.8. The van der Waals surface area contributed by atoms with Crippen molar-refractivity contribution in [1.82, 2.24) is 15.3 Å². The maximum absolute atomic E-state index is 5.69. The molecule has 2 saturated heterocycles. The first-order valence-corrected chi connectivity index (χ1v) is 6.75. The molecule has 3 heterocycles. The maximum atomic E-state index is 5.69. The van der Waals surface area contributed by atoms with Crippen LogP contribution in [0.4, 0.5) is 5.82 Å². The van der Waals surface area contributed by atoms with E-state index < -0.39 is 0 Å². The van der Waals surface area contributed by atoms with Gasteiger partial charge in [0.15, 0.2) is 0 Å². The predicted molar refractivity (Wildman–Crippen MR) is 69.6 cm³/mol. The highest BCUT2D eigenvalue weighted by molar-refractivity contribution is 5.41. The summed E-state index contributed by atoms with van der Waals surface area (Å²) in [5, 5.41) is 3.39. The Hall–Kier alpha value is -1.20. The van der Waals surface area contributed by atoms with Crippen LogP contribution in [0.25, 0.3) is 0 Å². The zero-order valence-electron chi connectivity index (χ0n) is 10.8. The number of ether oxygens (including phenoxy) is 1. The molecular weight excluding hydrogens is 228 g/mol. The lowest BCUT2D eigenvalue weighted by Gasteiger charge is -2.35. The van der Waals surface area contributed by atoms with Crippen LogP contribution in [-0.2, 0) is 4.74 Å². The molecule has 0 saturated carbocycles. The van der Waals surface area contributed by atoms with Crippen molar-refractivity contribution in [1.29, 1.82) is 0 Å². The lowest BCUT2D eigenvalue weighted by molar-refractivity contribution is 0.108. The highest BCUT2D eigenvalue weighted by Gasteiger charge is 2.23. The van der Waals surface area contributed by atoms with Crippen molar-refractivity contribution in [3.05, 3.63) is 18.1 Å². The fourth-order valence-corrected chi connectivity index (χ4v) is 2.69. The summed E-state index contributed by atoms with van der Waals surface area (Å²) < 4.78 is 5.69. The summed E-state index contributed by atoms with van der Waals surface area (Å²) in [5.74, 6) is 1.03. The number of nitrogens with zero attached hydrogens (tertiary/aromatic N) is 3. The molecular formula is C13H20N4O. The normalized spacial score (nSPS) is 28.6. The van der Waals surface area contributed by atoms with E-state index >= 15 is 0 Å². The largest absolute Gasteiger partial charge is 0.372 e. The molecule has 5 heteroatoms. The van der Waals surface area contributed by atoms with Gasteiger partial charge in [0.1, 0.15) is 12.1 Å². The molecule has 18 heavy (non-hydrogen) atoms. The van der Waals surface area contributed by atoms with Crippen molar-refractivity contribution >= 4 is 5.82 Å². The monoisotopic (exact) mass is 248 g/mol. The zero-order chi connectivity index (χ0) is 12.4. The fourth-order valence-electron chi connectivity index (χ4n) is 2.69. The highest BCUT2D eigenvalue weighted by atomic mass is 16.5. The maximum Gasteiger partial charge on any atom is 0.132 e. The molecule has 3 rings (SSSR count). The van der Waals surface area contributed by atoms with Gasteiger partial charge in [0, 0.05) is 38.3 Å². The van der Waals surface area contributed by atoms with Gasteiger partial charge in [0.2, 0.25) is 0 Å². The molecule has 0 aromatic carbocycles. The Morgan fingerprint density at radius 1 is 1.44 bits per heavy atom. The van der Waals surface area contributed by atoms with Crippen molar-refractivity contribution < 1.29 is 4.74 Å². The first-order valence-electron chi connectivity index (χ1n) is 6.75. The van der Waals surface area contributed by atoms with Gasteiger partial charge in [-0.3, -0.25) is 0 Å². The molecule has 2 atom stereocenters. The van der Waals surface area contributed by atoms with Crippen LogP contribution in [0.15, 0.2) is 12.4 Å². The van der Waals surface area contributed by atoms with Crippen molar-refractivity contribution in [3.63, 3.8) is 0 Å². The van der Waals surface area contributed by atoms with Gasteiger partial charge in [-0.15, -0.1) is 0 Å². The van der Waals surface area contributed by atoms with E-state index in [2.05, 4.69) is 33.2 Å². The summed E-state index contributed by atoms with van der Waals surface area (Å²) in [5.41, 5.74) is 1.03. The molecule has 1 unspecified atom stereocenters. The van der Waals surface area contributed by atoms with Crippen LogP contribution < -0.4 is 10.2 Å². The molecule has 2 aliphatic rings. The van der Waals surface area contributed by atoms with Crippen molar-refractivity contribution in [2.24, 2.45) is 0 Å². The number of rotatable bonds is 2. The number of piperazine rings is 1. The average molecular weight is 248 g/mol. The molecule has 2 fully saturated rings. The van der Waals surface area contributed by atoms with Crippen molar-refractivity contribution in [2.45, 2.75) is 31.9 Å². The standard InChI is InChI=1S/C13H20N4O/c1-10-8-14-4-5-17(10)13-7-11(15-9-16-13)12-3-2-6-18-12/h7,9-10,12,14H,2-6,8H2,1H3/t10-,12?/m0/s1. The summed E-state index contributed by atoms with van der Waals surface area (Å²) in [6.07, 6.45) is 4.05. The molecule has 2 aliphatic heterocycles. The van der Waals surface area contributed by atoms with Crippen LogP contribution in [0.3, 0.4) is 0 Å². The van der Waals surface area contributed by atoms with Gasteiger partial charge >= 0.3 is 0 Å². The lowest BCUT2D eigenvalue weighted by atomic mass is 10.1. The molecule has 0 spiro atoms. The Labute approximate surface area is 108 Å². The van der Waals surface area contributed by atoms with Gasteiger partial charge in [0.05, 0.1) is 11.8 Å². The van der Waals surface area contributed by atoms with E-state index in [9.17, 15) is 0 Å². The highest BCUT2D eigenvalue weighted by Crippen LogP contribution is 2.28. The Balaban J connectivity index is 1.81. The molecule has 1 aromatic heterocycles. The molecule has 98 valence electrons. The number of anilines is 1. The first-order chi connectivity index (χ1) is 8.84. The van der Waals surface area contributed by atoms with E-state index in [-0.39, 0.29) is 6.10 Å². The van der Waals surface area contributed by atoms with Crippen molar-refractivity contribution in [2.75, 3.05) is 31.1 Å². The van der Waals surface area contributed by atoms with Gasteiger partial charge in [-0.25, -0.2) is 9.97 Å². The van der Waals surface area contributed by atoms with Gasteiger partial charge < -0.3 is 15.0 Å². The minimum atomic E-state index is 0.171. The molecule has 1 aromatic rings. The average Bonchev–Trinajstić information content (AvgIpc) is 2.93. The van der Waals surface area contributed by atoms with Crippen LogP contribution in [0.1, 0.15) is 31.6 Å². The number of hydrogen-bond acceptors (Lipinski definition) is 5. The third-order valence-corrected chi connectivity index (χ3v) is 3.73. The predicted octanol–water partition coefficient (Wildman–Crippen LogP) is 1.13. The van der Waals surface area contributed by atoms with Gasteiger partial charge in [-0.05, 0) is 19.8 Å². The topological polar surface area (TPSA) is 50.3 Å². The molecule has 0 amide bonds. The molecule has 5 nitrogen and oxygen atoms in total. The molecule has 0 bridgehead atoms. The second kappa shape index (κ2) is 5.20. The van der Waals surface area contributed by atoms with Crippen LogP contribution in [0, 0.1) is 0 Å². The fraction of sp³-hybridized carbons (Fsp3) is 0.692. The van der Waals surface area contributed by atoms with E-state index in [1.165, 1.54) is 0 Å². The second-order valence-corrected chi connectivity index (χ2v) is 5.05. The molecule has 0 aliphatic carbocycles. The molecule has 1 N–H and O–H groups in total. The van der Waals surface area contributed by atoms with Crippen molar-refractivity contribution in [3.8, 4) is 0 Å². The van der Waals surface area contributed by atoms with Gasteiger partial charge in [-0.2, -0.15) is 0 Å². The Bertz CT molecular complexity index is 406. The smallest absolute Gasteiger partial charge is 0.132 e. The summed E-state index contributed by atoms with van der Waals surface area (Å²) in [6, 6.07) is 2.57. The number of aromatic nitrogens is 2. The van der Waals surface area contributed by atoms with E-state index in [0.29, 0.717) is 6.04 Å². The van der Waals surface area contributed by atoms with Crippen LogP contribution >= 0.6 is 0 Å². The van der Waals surface area contributed by atoms with Gasteiger partial charge in [-0.1, -0.05) is 0 Å². The van der Waals surface area contributed by atoms with Crippen LogP contribution in [0.2, 0.25) is 0 Å². The third kappa shape index (κ3) is 2.33. The van der Waals surface area contributed by atoms with Crippen LogP contribution in [0.5, 0.6) is 0 Å². The van der Waals surface area contributed by atoms with E-state index in [1.807, 2.05) is 0 Å². The number of hydrogen-bond donors (Lipinski definition) is 1. The first kappa shape index (κ1) is 11.9. The number of nitrogens with one attached hydrogen (secondary N) is 1. The lowest BCUT2D eigenvalue weighted by Crippen LogP contribution is -2.50. The van der Waals surface area contributed by atoms with Crippen LogP contribution in [-0.4, -0.2) is 42.3 Å². The summed E-state index contributed by atoms with van der Waals surface area (Å²) in [6.45, 7) is 6.11. The molecule has 0 radical (unpaired) electrons. The SMILES string of the molecule is C[C@H]1CNCCN1c1cc(C2CCCO2)ncn1. The Kier molecular flexibility index (Phi) is 3.43. The van der Waals surface area contributed by atoms with E-state index in [0.717, 1.165) is 50.6 Å². The Morgan fingerprint density at radius 2 is 2.39 bits per heavy atom. The summed E-state index contributed by atoms with van der Waals surface area (Å²) in [4.78, 5) is 11.1. The van der Waals surface area contributed by atoms with E-state index in [4.69, 9.17) is 4.74 Å². The summed E-state index contributed by atoms with van der Waals surface area (Å²) in [7, 11) is 0. The summed E-state index contributed by atoms with van der Waals surface area (Å²) >= 11 is 0. The third-order valence-electron chi connectivity index (χ3n) is 3.73. The quantitative estimate of drug-likeness (QED) is 0.850. The van der Waals surface area contributed by atoms with Gasteiger partial charge in [0.25, 0.3) is 0 Å². The Morgan fingerprint density at radius 3 is 3.17 bits per heavy atom. The minimum absolute atomic E-state index is 0.171. The minimum Gasteiger partial charge on any atom is -0.372 e. The second-order valence-electron chi connectivity index (χ2n) is 5.05. The van der Waals surface area contributed by atoms with E-state index in [1.54, 1.807) is 6.33 Å².